The number of esters is 1. The molecular weight excluding hydrogens is 524 g/mol. The van der Waals surface area contributed by atoms with Gasteiger partial charge in [0.2, 0.25) is 11.8 Å². The zero-order chi connectivity index (χ0) is 28.8. The molecule has 0 amide bonds. The van der Waals surface area contributed by atoms with Crippen LogP contribution < -0.4 is 14.5 Å². The van der Waals surface area contributed by atoms with E-state index < -0.39 is 5.60 Å². The van der Waals surface area contributed by atoms with Gasteiger partial charge in [0.05, 0.1) is 16.8 Å². The largest absolute Gasteiger partial charge is 0.440 e. The summed E-state index contributed by atoms with van der Waals surface area (Å²) in [6.45, 7) is 6.02. The molecular formula is C35H36N4O3. The van der Waals surface area contributed by atoms with Crippen molar-refractivity contribution in [2.45, 2.75) is 57.6 Å². The monoisotopic (exact) mass is 560 g/mol. The molecule has 214 valence electrons. The van der Waals surface area contributed by atoms with Gasteiger partial charge in [0, 0.05) is 54.6 Å². The Hall–Kier alpha value is -4.39. The van der Waals surface area contributed by atoms with E-state index in [0.29, 0.717) is 40.4 Å². The number of ether oxygens (including phenoxy) is 2. The summed E-state index contributed by atoms with van der Waals surface area (Å²) in [5, 5.41) is 0. The van der Waals surface area contributed by atoms with Crippen LogP contribution in [0.5, 0.6) is 11.6 Å². The van der Waals surface area contributed by atoms with Crippen LogP contribution in [0.1, 0.15) is 73.0 Å². The lowest BCUT2D eigenvalue weighted by Gasteiger charge is -2.38. The van der Waals surface area contributed by atoms with E-state index in [1.165, 1.54) is 19.3 Å². The van der Waals surface area contributed by atoms with Crippen LogP contribution in [0.15, 0.2) is 72.8 Å². The lowest BCUT2D eigenvalue weighted by Crippen LogP contribution is -2.37. The third-order valence-corrected chi connectivity index (χ3v) is 9.15. The normalized spacial score (nSPS) is 19.0. The minimum atomic E-state index is -1.24. The highest BCUT2D eigenvalue weighted by Gasteiger charge is 2.56. The molecule has 4 aromatic rings. The molecule has 7 rings (SSSR count). The van der Waals surface area contributed by atoms with Crippen LogP contribution >= 0.6 is 0 Å². The molecule has 2 aliphatic heterocycles. The number of carbonyl (C=O) groups is 1. The zero-order valence-electron chi connectivity index (χ0n) is 24.5. The van der Waals surface area contributed by atoms with Gasteiger partial charge >= 0.3 is 5.97 Å². The molecule has 3 aromatic carbocycles. The first-order valence-corrected chi connectivity index (χ1v) is 15.2. The molecule has 3 aliphatic rings. The maximum atomic E-state index is 13.5. The number of hydrogen-bond acceptors (Lipinski definition) is 7. The summed E-state index contributed by atoms with van der Waals surface area (Å²) in [5.74, 6) is 1.32. The van der Waals surface area contributed by atoms with Gasteiger partial charge in [-0.15, -0.1) is 0 Å². The number of hydrogen-bond donors (Lipinski definition) is 0. The maximum Gasteiger partial charge on any atom is 0.340 e. The Balaban J connectivity index is 1.51. The third kappa shape index (κ3) is 4.05. The van der Waals surface area contributed by atoms with Crippen LogP contribution in [-0.2, 0) is 10.3 Å². The molecule has 1 saturated carbocycles. The van der Waals surface area contributed by atoms with E-state index in [4.69, 9.17) is 19.4 Å². The van der Waals surface area contributed by atoms with Crippen molar-refractivity contribution in [3.8, 4) is 22.9 Å². The van der Waals surface area contributed by atoms with Gasteiger partial charge in [0.15, 0.2) is 5.60 Å². The molecule has 0 radical (unpaired) electrons. The van der Waals surface area contributed by atoms with Gasteiger partial charge in [-0.05, 0) is 44.9 Å². The fourth-order valence-corrected chi connectivity index (χ4v) is 6.93. The molecule has 1 unspecified atom stereocenters. The van der Waals surface area contributed by atoms with Crippen molar-refractivity contribution in [3.63, 3.8) is 0 Å². The van der Waals surface area contributed by atoms with Gasteiger partial charge in [-0.2, -0.15) is 4.98 Å². The topological polar surface area (TPSA) is 67.8 Å². The Kier molecular flexibility index (Phi) is 6.60. The van der Waals surface area contributed by atoms with Crippen molar-refractivity contribution >= 4 is 17.6 Å². The van der Waals surface area contributed by atoms with Crippen LogP contribution in [0.4, 0.5) is 11.6 Å². The SMILES string of the molecule is CCN(CC)c1ccc2c(c1)Oc1nc(N(C)C3CCCCC3)nc(-c3ccccc3)c1C21OC(=O)c2ccccc21. The summed E-state index contributed by atoms with van der Waals surface area (Å²) >= 11 is 0. The second kappa shape index (κ2) is 10.5. The van der Waals surface area contributed by atoms with Crippen LogP contribution in [0.3, 0.4) is 0 Å². The van der Waals surface area contributed by atoms with Crippen molar-refractivity contribution in [2.24, 2.45) is 0 Å². The first-order valence-electron chi connectivity index (χ1n) is 15.2. The second-order valence-electron chi connectivity index (χ2n) is 11.4. The number of anilines is 2. The first kappa shape index (κ1) is 26.5. The molecule has 1 atom stereocenters. The molecule has 1 spiro atoms. The van der Waals surface area contributed by atoms with Crippen LogP contribution in [0.2, 0.25) is 0 Å². The molecule has 0 bridgehead atoms. The first-order chi connectivity index (χ1) is 20.5. The van der Waals surface area contributed by atoms with Crippen molar-refractivity contribution in [3.05, 3.63) is 95.1 Å². The quantitative estimate of drug-likeness (QED) is 0.229. The van der Waals surface area contributed by atoms with Gasteiger partial charge < -0.3 is 19.3 Å². The fraction of sp³-hybridized carbons (Fsp3) is 0.343. The van der Waals surface area contributed by atoms with Crippen molar-refractivity contribution < 1.29 is 14.3 Å². The minimum absolute atomic E-state index is 0.361. The lowest BCUT2D eigenvalue weighted by molar-refractivity contribution is 0.0222. The predicted octanol–water partition coefficient (Wildman–Crippen LogP) is 7.33. The van der Waals surface area contributed by atoms with Gasteiger partial charge in [-0.25, -0.2) is 9.78 Å². The Morgan fingerprint density at radius 2 is 1.62 bits per heavy atom. The maximum absolute atomic E-state index is 13.5. The summed E-state index contributed by atoms with van der Waals surface area (Å²) in [6.07, 6.45) is 5.92. The molecule has 42 heavy (non-hydrogen) atoms. The number of aromatic nitrogens is 2. The van der Waals surface area contributed by atoms with Gasteiger partial charge in [0.1, 0.15) is 5.75 Å². The standard InChI is InChI=1S/C35H36N4O3/c1-4-39(5-2)25-20-21-28-29(22-25)41-32-30(35(28)27-19-13-12-18-26(27)33(40)42-35)31(23-14-8-6-9-15-23)36-34(37-32)38(3)24-16-10-7-11-17-24/h6,8-9,12-15,18-22,24H,4-5,7,10-11,16-17H2,1-3H3. The number of benzene rings is 3. The second-order valence-corrected chi connectivity index (χ2v) is 11.4. The minimum Gasteiger partial charge on any atom is -0.440 e. The van der Waals surface area contributed by atoms with E-state index in [-0.39, 0.29) is 5.97 Å². The molecule has 1 fully saturated rings. The predicted molar refractivity (Wildman–Crippen MR) is 165 cm³/mol. The molecule has 1 aromatic heterocycles. The highest BCUT2D eigenvalue weighted by molar-refractivity contribution is 5.97. The van der Waals surface area contributed by atoms with Crippen molar-refractivity contribution in [1.82, 2.24) is 9.97 Å². The highest BCUT2D eigenvalue weighted by Crippen LogP contribution is 2.58. The van der Waals surface area contributed by atoms with Gasteiger partial charge in [-0.1, -0.05) is 67.8 Å². The Morgan fingerprint density at radius 1 is 0.881 bits per heavy atom. The lowest BCUT2D eigenvalue weighted by atomic mass is 9.77. The summed E-state index contributed by atoms with van der Waals surface area (Å²) in [6, 6.07) is 24.3. The zero-order valence-corrected chi connectivity index (χ0v) is 24.5. The summed E-state index contributed by atoms with van der Waals surface area (Å²) < 4.78 is 13.3. The number of rotatable bonds is 6. The molecule has 7 heteroatoms. The van der Waals surface area contributed by atoms with E-state index >= 15 is 0 Å². The van der Waals surface area contributed by atoms with Crippen molar-refractivity contribution in [1.29, 1.82) is 0 Å². The van der Waals surface area contributed by atoms with Crippen LogP contribution in [0.25, 0.3) is 11.3 Å². The third-order valence-electron chi connectivity index (χ3n) is 9.15. The van der Waals surface area contributed by atoms with Crippen molar-refractivity contribution in [2.75, 3.05) is 29.9 Å². The smallest absolute Gasteiger partial charge is 0.340 e. The Labute approximate surface area is 247 Å². The fourth-order valence-electron chi connectivity index (χ4n) is 6.93. The van der Waals surface area contributed by atoms with Gasteiger partial charge in [0.25, 0.3) is 0 Å². The van der Waals surface area contributed by atoms with E-state index in [1.54, 1.807) is 0 Å². The van der Waals surface area contributed by atoms with Gasteiger partial charge in [-0.3, -0.25) is 0 Å². The molecule has 1 aliphatic carbocycles. The number of fused-ring (bicyclic) bond motifs is 6. The van der Waals surface area contributed by atoms with E-state index in [1.807, 2.05) is 60.7 Å². The average molecular weight is 561 g/mol. The summed E-state index contributed by atoms with van der Waals surface area (Å²) in [7, 11) is 2.09. The van der Waals surface area contributed by atoms with Crippen LogP contribution in [0, 0.1) is 0 Å². The summed E-state index contributed by atoms with van der Waals surface area (Å²) in [4.78, 5) is 28.3. The van der Waals surface area contributed by atoms with E-state index in [0.717, 1.165) is 48.3 Å². The van der Waals surface area contributed by atoms with Crippen LogP contribution in [-0.4, -0.2) is 42.1 Å². The Bertz CT molecular complexity index is 1650. The number of carbonyl (C=O) groups excluding carboxylic acids is 1. The summed E-state index contributed by atoms with van der Waals surface area (Å²) in [5.41, 5.74) is 4.20. The highest BCUT2D eigenvalue weighted by atomic mass is 16.6. The molecule has 0 N–H and O–H groups in total. The molecule has 3 heterocycles. The van der Waals surface area contributed by atoms with E-state index in [2.05, 4.69) is 42.8 Å². The Morgan fingerprint density at radius 3 is 2.38 bits per heavy atom. The average Bonchev–Trinajstić information content (AvgIpc) is 3.33. The molecule has 0 saturated heterocycles. The number of nitrogens with zero attached hydrogens (tertiary/aromatic N) is 4. The molecule has 7 nitrogen and oxygen atoms in total. The van der Waals surface area contributed by atoms with E-state index in [9.17, 15) is 4.79 Å².